The highest BCUT2D eigenvalue weighted by Gasteiger charge is 2.66. The summed E-state index contributed by atoms with van der Waals surface area (Å²) >= 11 is 13.5. The lowest BCUT2D eigenvalue weighted by atomic mass is 9.83. The van der Waals surface area contributed by atoms with Crippen molar-refractivity contribution in [1.82, 2.24) is 30.7 Å². The van der Waals surface area contributed by atoms with E-state index in [1.54, 1.807) is 91.3 Å². The lowest BCUT2D eigenvalue weighted by Crippen LogP contribution is -2.63. The van der Waals surface area contributed by atoms with Crippen molar-refractivity contribution in [2.24, 2.45) is 11.8 Å². The quantitative estimate of drug-likeness (QED) is 0.0210. The second kappa shape index (κ2) is 49.1. The van der Waals surface area contributed by atoms with Gasteiger partial charge in [0.05, 0.1) is 50.6 Å². The van der Waals surface area contributed by atoms with Crippen LogP contribution in [0.3, 0.4) is 0 Å². The monoisotopic (exact) mass is 1810 g/mol. The number of methoxy groups -OCH3 is 4. The van der Waals surface area contributed by atoms with Gasteiger partial charge in [-0.15, -0.1) is 0 Å². The van der Waals surface area contributed by atoms with Crippen LogP contribution in [-0.2, 0) is 98.7 Å². The van der Waals surface area contributed by atoms with Gasteiger partial charge >= 0.3 is 30.1 Å². The molecule has 16 atom stereocenters. The summed E-state index contributed by atoms with van der Waals surface area (Å²) in [7, 11) is 12.1. The number of aliphatic hydroxyl groups is 2. The standard InChI is InChI=1S/C42H55ClN4O12.C32H44ClN3O9.C10H13NO4.C3H8.2C2H6/c1-24-13-12-14-31(56-8)42(54)23-30(57-40(53)44-42)25(2)38-41(4,59-38)32(22-36(51)46(6)28-20-27(19-24)21-29(55-7)37(28)43)58-39(52)26(3)45(5)33(48)15-10-9-11-18-47-34(49)16-17-35(47)50;1-17-10-9-11-24(42-8)32(40)16-23(43-30(39)35-32)18(2)28-31(4,45-28)25(44-29(38)19(3)34-5)15-26(37)36(6)21-13-20(12-17)14-22(41-7)27(21)33;12-8-5-6-9(13)11(8)7-3-1-2-4-10(14)15;1-3-2;2*1-2/h12-14,16-17,20-21,25-26,30-32,38,54H,9-11,15,18-19,22-23H2,1-8H3,(H,44,53);9-11,13-14,18-19,23-25,28,34,40H,12,15-16H2,1-8H3,(H,35,39);5-6H,1-4,7H2,(H,14,15);3H2,1-2H3;2*1-2H3/b14-12+,24-13+;11-9+,17-10+;;;;/t25-,26+,30+,31-,32+,38?,41+,42+;18-,19+,23+,24-,25+,28?,31+,32+;;;;/m11..../s1. The Morgan fingerprint density at radius 3 is 1.31 bits per heavy atom. The molecule has 126 heavy (non-hydrogen) atoms. The number of ether oxygens (including phenoxy) is 10. The molecule has 0 aliphatic carbocycles. The third kappa shape index (κ3) is 28.2. The summed E-state index contributed by atoms with van der Waals surface area (Å²) in [6.07, 6.45) is 12.1. The highest BCUT2D eigenvalue weighted by atomic mass is 35.5. The fraction of sp³-hybridized carbons (Fsp3) is 0.604. The number of epoxide rings is 2. The number of esters is 2. The van der Waals surface area contributed by atoms with Gasteiger partial charge in [-0.05, 0) is 123 Å². The molecular weight excluding hydrogens is 1680 g/mol. The molecule has 2 aromatic carbocycles. The molecule has 8 aliphatic rings. The number of allylic oxidation sites excluding steroid dienone is 6. The normalized spacial score (nSPS) is 28.7. The molecule has 4 saturated heterocycles. The molecule has 8 aliphatic heterocycles. The number of likely N-dealkylation sites (N-methyl/N-ethyl adjacent to an activating group) is 2. The fourth-order valence-electron chi connectivity index (χ4n) is 15.1. The van der Waals surface area contributed by atoms with Gasteiger partial charge in [0, 0.05) is 110 Å². The summed E-state index contributed by atoms with van der Waals surface area (Å²) in [6, 6.07) is 5.49. The molecule has 35 heteroatoms. The van der Waals surface area contributed by atoms with E-state index in [4.69, 9.17) is 75.7 Å². The molecule has 0 saturated carbocycles. The first-order valence-electron chi connectivity index (χ1n) is 42.9. The molecule has 0 spiro atoms. The van der Waals surface area contributed by atoms with E-state index < -0.39 is 131 Å². The van der Waals surface area contributed by atoms with Crippen molar-refractivity contribution in [2.45, 2.75) is 277 Å². The van der Waals surface area contributed by atoms with Gasteiger partial charge in [0.1, 0.15) is 81.5 Å². The molecule has 0 radical (unpaired) electrons. The number of carboxylic acid groups (broad SMARTS) is 1. The van der Waals surface area contributed by atoms with E-state index in [0.29, 0.717) is 80.8 Å². The number of carboxylic acids is 1. The molecule has 2 unspecified atom stereocenters. The van der Waals surface area contributed by atoms with Crippen LogP contribution in [0.1, 0.15) is 192 Å². The van der Waals surface area contributed by atoms with E-state index in [1.807, 2.05) is 66.7 Å². The van der Waals surface area contributed by atoms with Crippen molar-refractivity contribution in [3.8, 4) is 11.5 Å². The van der Waals surface area contributed by atoms with Crippen LogP contribution in [0.4, 0.5) is 21.0 Å². The van der Waals surface area contributed by atoms with E-state index in [9.17, 15) is 67.7 Å². The number of nitrogens with one attached hydrogen (secondary N) is 3. The first-order chi connectivity index (χ1) is 59.5. The Morgan fingerprint density at radius 2 is 0.960 bits per heavy atom. The van der Waals surface area contributed by atoms with Crippen LogP contribution in [-0.4, -0.2) is 255 Å². The summed E-state index contributed by atoms with van der Waals surface area (Å²) in [5.74, 6) is -4.83. The minimum absolute atomic E-state index is 0.00553. The number of benzene rings is 2. The molecule has 33 nitrogen and oxygen atoms in total. The summed E-state index contributed by atoms with van der Waals surface area (Å²) in [6.45, 7) is 27.0. The molecule has 8 heterocycles. The number of rotatable bonds is 22. The summed E-state index contributed by atoms with van der Waals surface area (Å²) in [5.41, 5.74) is -1.70. The first-order valence-corrected chi connectivity index (χ1v) is 43.7. The molecule has 2 aromatic rings. The first kappa shape index (κ1) is 107. The van der Waals surface area contributed by atoms with E-state index in [1.165, 1.54) is 92.7 Å². The zero-order valence-electron chi connectivity index (χ0n) is 76.8. The lowest BCUT2D eigenvalue weighted by Gasteiger charge is -2.42. The van der Waals surface area contributed by atoms with Gasteiger partial charge in [0.2, 0.25) is 17.7 Å². The number of imide groups is 2. The minimum Gasteiger partial charge on any atom is -0.495 e. The zero-order chi connectivity index (χ0) is 94.6. The van der Waals surface area contributed by atoms with Crippen molar-refractivity contribution in [3.05, 3.63) is 117 Å². The van der Waals surface area contributed by atoms with Gasteiger partial charge < -0.3 is 82.7 Å². The SMILES string of the molecule is CC.CC.CCC.CN[C@@H](C)C(=O)O[C@H]1CC(=O)N(C)c2cc(cc(OC)c2Cl)C/C(C)=C/C=C/[C@@H](OC)[C@@]2(O)C[C@H](OC(=O)N2)[C@@H](C)C2O[C@]21C.COc1cc2cc(c1Cl)N(C)C(=O)C[C@H](OC(=O)[C@H](C)N(C)C(=O)CCCCCN1C(=O)C=CC1=O)[C@]1(C)OC1[C@H](C)[C@@H]1C[C@@](O)(NC(=O)O1)[C@H](OC)/C=C/C=C(\C)C2.O=C(O)CCCCCN1C(=O)C=CC1=O. The Kier molecular flexibility index (Phi) is 41.7. The van der Waals surface area contributed by atoms with Crippen molar-refractivity contribution < 1.29 is 120 Å². The van der Waals surface area contributed by atoms with E-state index in [-0.39, 0.29) is 90.6 Å². The Bertz CT molecular complexity index is 4330. The third-order valence-electron chi connectivity index (χ3n) is 22.9. The van der Waals surface area contributed by atoms with Gasteiger partial charge in [-0.3, -0.25) is 63.6 Å². The van der Waals surface area contributed by atoms with Crippen molar-refractivity contribution in [3.63, 3.8) is 0 Å². The number of fused-ring (bicyclic) bond motifs is 10. The maximum Gasteiger partial charge on any atom is 0.409 e. The van der Waals surface area contributed by atoms with Crippen molar-refractivity contribution in [2.75, 3.05) is 79.5 Å². The summed E-state index contributed by atoms with van der Waals surface area (Å²) < 4.78 is 58.1. The van der Waals surface area contributed by atoms with Gasteiger partial charge in [-0.1, -0.05) is 145 Å². The number of alkyl carbamates (subject to hydrolysis) is 2. The predicted molar refractivity (Wildman–Crippen MR) is 473 cm³/mol. The number of halogens is 2. The molecule has 700 valence electrons. The van der Waals surface area contributed by atoms with Crippen LogP contribution in [0.25, 0.3) is 0 Å². The van der Waals surface area contributed by atoms with Crippen LogP contribution < -0.4 is 35.2 Å². The van der Waals surface area contributed by atoms with Gasteiger partial charge in [-0.25, -0.2) is 14.4 Å². The third-order valence-corrected chi connectivity index (χ3v) is 23.6. The maximum absolute atomic E-state index is 14.2. The van der Waals surface area contributed by atoms with Crippen LogP contribution in [0.5, 0.6) is 11.5 Å². The highest BCUT2D eigenvalue weighted by Crippen LogP contribution is 2.51. The van der Waals surface area contributed by atoms with E-state index in [0.717, 1.165) is 27.2 Å². The second-order valence-electron chi connectivity index (χ2n) is 32.2. The molecule has 0 aromatic heterocycles. The van der Waals surface area contributed by atoms with Gasteiger partial charge in [-0.2, -0.15) is 0 Å². The number of unbranched alkanes of at least 4 members (excludes halogenated alkanes) is 4. The summed E-state index contributed by atoms with van der Waals surface area (Å²) in [5, 5.41) is 40.1. The largest absolute Gasteiger partial charge is 0.495 e. The molecule has 4 fully saturated rings. The number of aliphatic carboxylic acids is 1. The molecule has 8 bridgehead atoms. The Balaban J connectivity index is 0.000000368. The van der Waals surface area contributed by atoms with E-state index >= 15 is 0 Å². The van der Waals surface area contributed by atoms with E-state index in [2.05, 4.69) is 29.8 Å². The number of hydrogen-bond donors (Lipinski definition) is 6. The number of carbonyl (C=O) groups is 12. The van der Waals surface area contributed by atoms with Crippen LogP contribution in [0.15, 0.2) is 96.2 Å². The number of amides is 9. The second-order valence-corrected chi connectivity index (χ2v) is 32.9. The van der Waals surface area contributed by atoms with Crippen LogP contribution in [0, 0.1) is 11.8 Å². The maximum atomic E-state index is 14.2. The molecule has 10 rings (SSSR count). The van der Waals surface area contributed by atoms with Crippen LogP contribution >= 0.6 is 23.2 Å². The molecular formula is C91H132Cl2N8O25. The van der Waals surface area contributed by atoms with Crippen LogP contribution in [0.2, 0.25) is 10.0 Å². The lowest BCUT2D eigenvalue weighted by molar-refractivity contribution is -0.162. The minimum atomic E-state index is -1.85. The average Bonchev–Trinajstić information content (AvgIpc) is 1.57. The zero-order valence-corrected chi connectivity index (χ0v) is 78.4. The van der Waals surface area contributed by atoms with Gasteiger partial charge in [0.15, 0.2) is 11.4 Å². The number of anilines is 2. The topological polar surface area (TPSA) is 417 Å². The summed E-state index contributed by atoms with van der Waals surface area (Å²) in [4.78, 5) is 156. The number of nitrogens with zero attached hydrogens (tertiary/aromatic N) is 5. The predicted octanol–water partition coefficient (Wildman–Crippen LogP) is 11.3. The number of hydrogen-bond acceptors (Lipinski definition) is 25. The Labute approximate surface area is 750 Å². The average molecular weight is 1810 g/mol. The fourth-order valence-corrected chi connectivity index (χ4v) is 15.7. The van der Waals surface area contributed by atoms with Crippen molar-refractivity contribution in [1.29, 1.82) is 0 Å². The smallest absolute Gasteiger partial charge is 0.409 e. The van der Waals surface area contributed by atoms with Crippen molar-refractivity contribution >= 4 is 106 Å². The highest BCUT2D eigenvalue weighted by molar-refractivity contribution is 6.36. The number of carbonyl (C=O) groups excluding carboxylic acids is 11. The van der Waals surface area contributed by atoms with Gasteiger partial charge in [0.25, 0.3) is 23.6 Å². The Hall–Kier alpha value is -9.58. The molecule has 6 N–H and O–H groups in total. The molecule has 9 amide bonds. The Morgan fingerprint density at radius 1 is 0.595 bits per heavy atom.